The van der Waals surface area contributed by atoms with E-state index in [4.69, 9.17) is 4.74 Å². The highest BCUT2D eigenvalue weighted by atomic mass is 16.5. The summed E-state index contributed by atoms with van der Waals surface area (Å²) >= 11 is 0. The van der Waals surface area contributed by atoms with Gasteiger partial charge in [0.25, 0.3) is 0 Å². The highest BCUT2D eigenvalue weighted by molar-refractivity contribution is 4.83. The first kappa shape index (κ1) is 26.7. The molecule has 1 heterocycles. The fourth-order valence-electron chi connectivity index (χ4n) is 4.39. The summed E-state index contributed by atoms with van der Waals surface area (Å²) in [4.78, 5) is 2.60. The van der Waals surface area contributed by atoms with E-state index in [0.717, 1.165) is 19.1 Å². The van der Waals surface area contributed by atoms with Crippen molar-refractivity contribution in [3.63, 3.8) is 0 Å². The molecule has 0 aromatic heterocycles. The van der Waals surface area contributed by atoms with E-state index in [1.165, 1.54) is 109 Å². The van der Waals surface area contributed by atoms with Crippen molar-refractivity contribution < 1.29 is 4.74 Å². The molecule has 0 radical (unpaired) electrons. The predicted molar refractivity (Wildman–Crippen MR) is 129 cm³/mol. The molecule has 0 spiro atoms. The maximum Gasteiger partial charge on any atom is 0.119 e. The predicted octanol–water partition coefficient (Wildman–Crippen LogP) is 8.51. The number of ether oxygens (including phenoxy) is 1. The lowest BCUT2D eigenvalue weighted by Crippen LogP contribution is -2.42. The lowest BCUT2D eigenvalue weighted by molar-refractivity contribution is -0.0759. The van der Waals surface area contributed by atoms with Crippen LogP contribution in [0.4, 0.5) is 0 Å². The molecule has 2 nitrogen and oxygen atoms in total. The normalized spacial score (nSPS) is 20.4. The number of rotatable bonds is 19. The SMILES string of the molecule is CCCCCCCC/C=C\CCCCCCCCN1CCOC1(C)CCC(C)C. The van der Waals surface area contributed by atoms with Gasteiger partial charge in [0.15, 0.2) is 0 Å². The molecule has 0 aromatic carbocycles. The Bertz CT molecular complexity index is 392. The molecule has 29 heavy (non-hydrogen) atoms. The van der Waals surface area contributed by atoms with Gasteiger partial charge in [0.05, 0.1) is 6.61 Å². The first-order valence-corrected chi connectivity index (χ1v) is 13.1. The van der Waals surface area contributed by atoms with Crippen molar-refractivity contribution in [3.05, 3.63) is 12.2 Å². The van der Waals surface area contributed by atoms with Gasteiger partial charge in [-0.3, -0.25) is 4.90 Å². The molecule has 1 rings (SSSR count). The Kier molecular flexibility index (Phi) is 16.0. The molecule has 0 N–H and O–H groups in total. The molecule has 1 unspecified atom stereocenters. The monoisotopic (exact) mass is 407 g/mol. The van der Waals surface area contributed by atoms with Gasteiger partial charge in [-0.1, -0.05) is 90.7 Å². The van der Waals surface area contributed by atoms with Crippen LogP contribution >= 0.6 is 0 Å². The fraction of sp³-hybridized carbons (Fsp3) is 0.926. The van der Waals surface area contributed by atoms with E-state index in [2.05, 4.69) is 44.7 Å². The molecule has 0 aliphatic carbocycles. The van der Waals surface area contributed by atoms with E-state index in [1.807, 2.05) is 0 Å². The van der Waals surface area contributed by atoms with Crippen LogP contribution in [-0.2, 0) is 4.74 Å². The molecular formula is C27H53NO. The van der Waals surface area contributed by atoms with Crippen LogP contribution in [0.3, 0.4) is 0 Å². The van der Waals surface area contributed by atoms with E-state index < -0.39 is 0 Å². The third kappa shape index (κ3) is 13.6. The van der Waals surface area contributed by atoms with Gasteiger partial charge < -0.3 is 4.74 Å². The smallest absolute Gasteiger partial charge is 0.119 e. The van der Waals surface area contributed by atoms with Gasteiger partial charge in [-0.2, -0.15) is 0 Å². The van der Waals surface area contributed by atoms with Gasteiger partial charge in [-0.05, 0) is 57.8 Å². The van der Waals surface area contributed by atoms with E-state index >= 15 is 0 Å². The summed E-state index contributed by atoms with van der Waals surface area (Å²) in [6, 6.07) is 0. The molecule has 0 bridgehead atoms. The third-order valence-electron chi connectivity index (χ3n) is 6.57. The maximum atomic E-state index is 6.10. The number of hydrogen-bond acceptors (Lipinski definition) is 2. The Hall–Kier alpha value is -0.340. The first-order chi connectivity index (χ1) is 14.1. The van der Waals surface area contributed by atoms with Crippen LogP contribution in [0.2, 0.25) is 0 Å². The fourth-order valence-corrected chi connectivity index (χ4v) is 4.39. The second-order valence-electron chi connectivity index (χ2n) is 9.88. The molecule has 0 amide bonds. The number of hydrogen-bond donors (Lipinski definition) is 0. The number of unbranched alkanes of at least 4 members (excludes halogenated alkanes) is 12. The van der Waals surface area contributed by atoms with Crippen molar-refractivity contribution in [2.45, 2.75) is 136 Å². The minimum atomic E-state index is 0.00606. The zero-order chi connectivity index (χ0) is 21.2. The van der Waals surface area contributed by atoms with Crippen molar-refractivity contribution in [1.29, 1.82) is 0 Å². The molecule has 1 saturated heterocycles. The topological polar surface area (TPSA) is 12.5 Å². The Morgan fingerprint density at radius 2 is 1.38 bits per heavy atom. The zero-order valence-electron chi connectivity index (χ0n) is 20.5. The van der Waals surface area contributed by atoms with E-state index in [1.54, 1.807) is 0 Å². The van der Waals surface area contributed by atoms with Crippen LogP contribution in [0.15, 0.2) is 12.2 Å². The minimum absolute atomic E-state index is 0.00606. The Labute approximate surface area is 183 Å². The van der Waals surface area contributed by atoms with Crippen LogP contribution in [0.1, 0.15) is 130 Å². The van der Waals surface area contributed by atoms with Crippen molar-refractivity contribution in [1.82, 2.24) is 4.90 Å². The van der Waals surface area contributed by atoms with Crippen molar-refractivity contribution in [3.8, 4) is 0 Å². The van der Waals surface area contributed by atoms with Crippen LogP contribution in [-0.4, -0.2) is 30.3 Å². The summed E-state index contributed by atoms with van der Waals surface area (Å²) in [5.74, 6) is 0.767. The van der Waals surface area contributed by atoms with Crippen molar-refractivity contribution in [2.75, 3.05) is 19.7 Å². The lowest BCUT2D eigenvalue weighted by atomic mass is 10.0. The molecule has 2 heteroatoms. The molecule has 1 aliphatic rings. The van der Waals surface area contributed by atoms with Crippen LogP contribution in [0, 0.1) is 5.92 Å². The summed E-state index contributed by atoms with van der Waals surface area (Å²) in [5.41, 5.74) is 0.00606. The second kappa shape index (κ2) is 17.4. The van der Waals surface area contributed by atoms with Crippen LogP contribution in [0.25, 0.3) is 0 Å². The van der Waals surface area contributed by atoms with Gasteiger partial charge in [0.2, 0.25) is 0 Å². The van der Waals surface area contributed by atoms with E-state index in [0.29, 0.717) is 0 Å². The highest BCUT2D eigenvalue weighted by Gasteiger charge is 2.36. The summed E-state index contributed by atoms with van der Waals surface area (Å²) in [6.45, 7) is 12.5. The third-order valence-corrected chi connectivity index (χ3v) is 6.57. The number of allylic oxidation sites excluding steroid dienone is 2. The summed E-state index contributed by atoms with van der Waals surface area (Å²) in [6.07, 6.45) is 26.6. The molecule has 1 fully saturated rings. The van der Waals surface area contributed by atoms with Crippen LogP contribution < -0.4 is 0 Å². The van der Waals surface area contributed by atoms with Gasteiger partial charge in [-0.15, -0.1) is 0 Å². The summed E-state index contributed by atoms with van der Waals surface area (Å²) in [5, 5.41) is 0. The standard InChI is InChI=1S/C27H53NO/c1-5-6-7-8-9-10-11-12-13-14-15-16-17-18-19-20-23-28-24-25-29-27(28,4)22-21-26(2)3/h12-13,26H,5-11,14-25H2,1-4H3/b13-12-. The highest BCUT2D eigenvalue weighted by Crippen LogP contribution is 2.29. The van der Waals surface area contributed by atoms with E-state index in [9.17, 15) is 0 Å². The number of nitrogens with zero attached hydrogens (tertiary/aromatic N) is 1. The molecule has 0 aromatic rings. The second-order valence-corrected chi connectivity index (χ2v) is 9.88. The molecule has 0 saturated carbocycles. The quantitative estimate of drug-likeness (QED) is 0.157. The molecule has 1 atom stereocenters. The Balaban J connectivity index is 1.90. The summed E-state index contributed by atoms with van der Waals surface area (Å²) in [7, 11) is 0. The molecule has 172 valence electrons. The summed E-state index contributed by atoms with van der Waals surface area (Å²) < 4.78 is 6.10. The van der Waals surface area contributed by atoms with Crippen molar-refractivity contribution in [2.24, 2.45) is 5.92 Å². The van der Waals surface area contributed by atoms with Gasteiger partial charge in [-0.25, -0.2) is 0 Å². The van der Waals surface area contributed by atoms with Crippen molar-refractivity contribution >= 4 is 0 Å². The Morgan fingerprint density at radius 3 is 1.97 bits per heavy atom. The largest absolute Gasteiger partial charge is 0.359 e. The first-order valence-electron chi connectivity index (χ1n) is 13.1. The average molecular weight is 408 g/mol. The van der Waals surface area contributed by atoms with Gasteiger partial charge in [0.1, 0.15) is 5.72 Å². The average Bonchev–Trinajstić information content (AvgIpc) is 3.07. The van der Waals surface area contributed by atoms with Gasteiger partial charge in [0, 0.05) is 13.1 Å². The minimum Gasteiger partial charge on any atom is -0.359 e. The van der Waals surface area contributed by atoms with Crippen LogP contribution in [0.5, 0.6) is 0 Å². The van der Waals surface area contributed by atoms with Gasteiger partial charge >= 0.3 is 0 Å². The van der Waals surface area contributed by atoms with E-state index in [-0.39, 0.29) is 5.72 Å². The maximum absolute atomic E-state index is 6.10. The molecule has 1 aliphatic heterocycles. The molecular weight excluding hydrogens is 354 g/mol. The zero-order valence-corrected chi connectivity index (χ0v) is 20.5. The Morgan fingerprint density at radius 1 is 0.828 bits per heavy atom. The lowest BCUT2D eigenvalue weighted by Gasteiger charge is -2.34.